The van der Waals surface area contributed by atoms with Gasteiger partial charge in [0.1, 0.15) is 0 Å². The van der Waals surface area contributed by atoms with Crippen molar-refractivity contribution in [3.05, 3.63) is 11.8 Å². The summed E-state index contributed by atoms with van der Waals surface area (Å²) in [6, 6.07) is 0. The van der Waals surface area contributed by atoms with E-state index >= 15 is 0 Å². The predicted molar refractivity (Wildman–Crippen MR) is 20.0 cm³/mol. The third-order valence-electron chi connectivity index (χ3n) is 0.777. The summed E-state index contributed by atoms with van der Waals surface area (Å²) in [7, 11) is 1.23. The quantitative estimate of drug-likeness (QED) is 0.487. The van der Waals surface area contributed by atoms with Crippen LogP contribution in [0.1, 0.15) is 0 Å². The smallest absolute Gasteiger partial charge is 0.326 e. The Bertz CT molecular complexity index is 117. The molecule has 7 heavy (non-hydrogen) atoms. The molecule has 1 rings (SSSR count). The maximum atomic E-state index is 11.6. The Morgan fingerprint density at radius 2 is 2.14 bits per heavy atom. The molecule has 0 spiro atoms. The second-order valence-electron chi connectivity index (χ2n) is 1.34. The molecule has 0 aliphatic heterocycles. The molecule has 0 radical (unpaired) electrons. The highest BCUT2D eigenvalue weighted by Crippen LogP contribution is 2.39. The van der Waals surface area contributed by atoms with Gasteiger partial charge in [-0.25, -0.2) is 0 Å². The maximum absolute atomic E-state index is 11.6. The Morgan fingerprint density at radius 1 is 1.71 bits per heavy atom. The van der Waals surface area contributed by atoms with E-state index in [1.54, 1.807) is 0 Å². The molecule has 0 aromatic heterocycles. The fourth-order valence-corrected chi connectivity index (χ4v) is 0.324. The summed E-state index contributed by atoms with van der Waals surface area (Å²) in [5.74, 6) is -2.93. The van der Waals surface area contributed by atoms with Crippen molar-refractivity contribution >= 4 is 0 Å². The average Bonchev–Trinajstić information content (AvgIpc) is 2.13. The number of hydrogen-bond donors (Lipinski definition) is 0. The van der Waals surface area contributed by atoms with Gasteiger partial charge in [-0.2, -0.15) is 8.78 Å². The molecule has 40 valence electrons. The van der Waals surface area contributed by atoms with Crippen LogP contribution in [0.3, 0.4) is 0 Å². The second-order valence-corrected chi connectivity index (χ2v) is 1.34. The molecule has 0 aromatic carbocycles. The highest BCUT2D eigenvalue weighted by molar-refractivity contribution is 5.31. The van der Waals surface area contributed by atoms with E-state index in [1.807, 2.05) is 0 Å². The van der Waals surface area contributed by atoms with Crippen molar-refractivity contribution in [1.29, 1.82) is 0 Å². The molecule has 3 heteroatoms. The molecule has 1 aliphatic carbocycles. The number of hydrogen-bond acceptors (Lipinski definition) is 1. The second kappa shape index (κ2) is 0.967. The van der Waals surface area contributed by atoms with E-state index in [-0.39, 0.29) is 5.76 Å². The highest BCUT2D eigenvalue weighted by Gasteiger charge is 2.47. The van der Waals surface area contributed by atoms with Gasteiger partial charge in [-0.1, -0.05) is 0 Å². The fraction of sp³-hybridized carbons (Fsp3) is 0.500. The lowest BCUT2D eigenvalue weighted by Crippen LogP contribution is -1.94. The van der Waals surface area contributed by atoms with Crippen LogP contribution in [-0.4, -0.2) is 13.0 Å². The first-order chi connectivity index (χ1) is 3.17. The van der Waals surface area contributed by atoms with Crippen molar-refractivity contribution in [3.8, 4) is 0 Å². The van der Waals surface area contributed by atoms with E-state index in [9.17, 15) is 8.78 Å². The lowest BCUT2D eigenvalue weighted by Gasteiger charge is -1.91. The van der Waals surface area contributed by atoms with Crippen LogP contribution in [0.5, 0.6) is 0 Å². The molecule has 0 amide bonds. The zero-order chi connectivity index (χ0) is 5.49. The number of rotatable bonds is 1. The first-order valence-electron chi connectivity index (χ1n) is 1.82. The van der Waals surface area contributed by atoms with Crippen LogP contribution in [0.2, 0.25) is 0 Å². The Morgan fingerprint density at radius 3 is 2.14 bits per heavy atom. The SMILES string of the molecule is COC1=CC1(F)F. The molecule has 0 N–H and O–H groups in total. The number of allylic oxidation sites excluding steroid dienone is 2. The Balaban J connectivity index is 2.40. The summed E-state index contributed by atoms with van der Waals surface area (Å²) < 4.78 is 27.3. The molecule has 0 fully saturated rings. The number of halogens is 2. The van der Waals surface area contributed by atoms with Gasteiger partial charge in [0.15, 0.2) is 5.76 Å². The standard InChI is InChI=1S/C4H4F2O/c1-7-3-2-4(3,5)6/h2H,1H3. The van der Waals surface area contributed by atoms with Crippen molar-refractivity contribution in [2.24, 2.45) is 0 Å². The number of alkyl halides is 2. The van der Waals surface area contributed by atoms with Gasteiger partial charge in [0.25, 0.3) is 0 Å². The first kappa shape index (κ1) is 4.56. The molecule has 1 aliphatic rings. The molecule has 0 aromatic rings. The van der Waals surface area contributed by atoms with Gasteiger partial charge in [0, 0.05) is 6.08 Å². The van der Waals surface area contributed by atoms with Crippen molar-refractivity contribution in [1.82, 2.24) is 0 Å². The van der Waals surface area contributed by atoms with E-state index in [2.05, 4.69) is 4.74 Å². The van der Waals surface area contributed by atoms with E-state index in [0.717, 1.165) is 6.08 Å². The molecule has 0 bridgehead atoms. The topological polar surface area (TPSA) is 9.23 Å². The minimum Gasteiger partial charge on any atom is -0.494 e. The predicted octanol–water partition coefficient (Wildman–Crippen LogP) is 1.17. The molecular formula is C4H4F2O. The summed E-state index contributed by atoms with van der Waals surface area (Å²) >= 11 is 0. The zero-order valence-electron chi connectivity index (χ0n) is 3.74. The average molecular weight is 106 g/mol. The van der Waals surface area contributed by atoms with Crippen molar-refractivity contribution in [3.63, 3.8) is 0 Å². The van der Waals surface area contributed by atoms with Gasteiger partial charge in [-0.3, -0.25) is 0 Å². The molecule has 0 atom stereocenters. The van der Waals surface area contributed by atoms with Gasteiger partial charge in [-0.05, 0) is 0 Å². The lowest BCUT2D eigenvalue weighted by molar-refractivity contribution is 0.0924. The first-order valence-corrected chi connectivity index (χ1v) is 1.82. The van der Waals surface area contributed by atoms with Crippen LogP contribution in [0.15, 0.2) is 11.8 Å². The molecule has 0 heterocycles. The van der Waals surface area contributed by atoms with Gasteiger partial charge >= 0.3 is 5.92 Å². The summed E-state index contributed by atoms with van der Waals surface area (Å²) in [4.78, 5) is 0. The van der Waals surface area contributed by atoms with Crippen molar-refractivity contribution < 1.29 is 13.5 Å². The number of methoxy groups -OCH3 is 1. The third kappa shape index (κ3) is 0.577. The van der Waals surface area contributed by atoms with Crippen molar-refractivity contribution in [2.45, 2.75) is 5.92 Å². The van der Waals surface area contributed by atoms with Crippen LogP contribution in [0.25, 0.3) is 0 Å². The van der Waals surface area contributed by atoms with Crippen molar-refractivity contribution in [2.75, 3.05) is 7.11 Å². The summed E-state index contributed by atoms with van der Waals surface area (Å²) in [6.45, 7) is 0. The Labute approximate surface area is 39.6 Å². The summed E-state index contributed by atoms with van der Waals surface area (Å²) in [5.41, 5.74) is 0. The Hall–Kier alpha value is -0.600. The monoisotopic (exact) mass is 106 g/mol. The molecule has 0 saturated heterocycles. The van der Waals surface area contributed by atoms with E-state index < -0.39 is 5.92 Å². The molecule has 1 nitrogen and oxygen atoms in total. The molecule has 0 unspecified atom stereocenters. The van der Waals surface area contributed by atoms with Gasteiger partial charge in [-0.15, -0.1) is 0 Å². The van der Waals surface area contributed by atoms with Gasteiger partial charge in [0.2, 0.25) is 0 Å². The summed E-state index contributed by atoms with van der Waals surface area (Å²) in [5, 5.41) is 0. The largest absolute Gasteiger partial charge is 0.494 e. The summed E-state index contributed by atoms with van der Waals surface area (Å²) in [6.07, 6.45) is 0.771. The van der Waals surface area contributed by atoms with Crippen LogP contribution < -0.4 is 0 Å². The highest BCUT2D eigenvalue weighted by atomic mass is 19.3. The van der Waals surface area contributed by atoms with Crippen LogP contribution in [0, 0.1) is 0 Å². The number of ether oxygens (including phenoxy) is 1. The fourth-order valence-electron chi connectivity index (χ4n) is 0.324. The van der Waals surface area contributed by atoms with Gasteiger partial charge < -0.3 is 4.74 Å². The lowest BCUT2D eigenvalue weighted by atomic mass is 10.7. The van der Waals surface area contributed by atoms with Crippen LogP contribution in [-0.2, 0) is 4.74 Å². The van der Waals surface area contributed by atoms with Crippen LogP contribution >= 0.6 is 0 Å². The van der Waals surface area contributed by atoms with E-state index in [1.165, 1.54) is 7.11 Å². The molecule has 0 saturated carbocycles. The van der Waals surface area contributed by atoms with E-state index in [0.29, 0.717) is 0 Å². The third-order valence-corrected chi connectivity index (χ3v) is 0.777. The maximum Gasteiger partial charge on any atom is 0.326 e. The van der Waals surface area contributed by atoms with Crippen LogP contribution in [0.4, 0.5) is 8.78 Å². The normalized spacial score (nSPS) is 23.6. The minimum absolute atomic E-state index is 0.215. The van der Waals surface area contributed by atoms with E-state index in [4.69, 9.17) is 0 Å². The van der Waals surface area contributed by atoms with Gasteiger partial charge in [0.05, 0.1) is 7.11 Å². The minimum atomic E-state index is -2.71. The zero-order valence-corrected chi connectivity index (χ0v) is 3.74. The molecular weight excluding hydrogens is 102 g/mol. The Kier molecular flexibility index (Phi) is 0.629.